The van der Waals surface area contributed by atoms with Crippen LogP contribution in [0.4, 0.5) is 16.2 Å². The number of rotatable bonds is 5. The number of likely N-dealkylation sites (tertiary alicyclic amines) is 1. The lowest BCUT2D eigenvalue weighted by Gasteiger charge is -2.34. The van der Waals surface area contributed by atoms with Crippen molar-refractivity contribution in [2.24, 2.45) is 5.73 Å². The van der Waals surface area contributed by atoms with Crippen molar-refractivity contribution in [3.8, 4) is 5.75 Å². The van der Waals surface area contributed by atoms with Gasteiger partial charge in [0.25, 0.3) is 5.91 Å². The van der Waals surface area contributed by atoms with Gasteiger partial charge in [-0.2, -0.15) is 0 Å². The fraction of sp³-hybridized carbons (Fsp3) is 0.391. The van der Waals surface area contributed by atoms with Gasteiger partial charge in [0, 0.05) is 48.9 Å². The van der Waals surface area contributed by atoms with E-state index in [1.807, 2.05) is 9.80 Å². The van der Waals surface area contributed by atoms with Crippen molar-refractivity contribution in [2.45, 2.75) is 31.0 Å². The normalized spacial score (nSPS) is 21.3. The first-order chi connectivity index (χ1) is 15.8. The minimum Gasteiger partial charge on any atom is -0.508 e. The van der Waals surface area contributed by atoms with E-state index in [4.69, 9.17) is 17.3 Å². The average Bonchev–Trinajstić information content (AvgIpc) is 3.15. The highest BCUT2D eigenvalue weighted by Gasteiger charge is 2.35. The predicted octanol–water partition coefficient (Wildman–Crippen LogP) is 1.98. The van der Waals surface area contributed by atoms with Gasteiger partial charge in [0.05, 0.1) is 23.5 Å². The number of aromatic hydroxyl groups is 1. The molecule has 176 valence electrons. The van der Waals surface area contributed by atoms with Gasteiger partial charge in [-0.25, -0.2) is 4.79 Å². The second-order valence-electron chi connectivity index (χ2n) is 8.51. The first-order valence-corrected chi connectivity index (χ1v) is 11.3. The fourth-order valence-corrected chi connectivity index (χ4v) is 4.62. The maximum absolute atomic E-state index is 12.7. The molecule has 0 unspecified atom stereocenters. The molecule has 2 fully saturated rings. The molecule has 2 aromatic carbocycles. The van der Waals surface area contributed by atoms with E-state index in [0.29, 0.717) is 48.1 Å². The lowest BCUT2D eigenvalue weighted by Crippen LogP contribution is -2.50. The van der Waals surface area contributed by atoms with E-state index in [9.17, 15) is 19.8 Å². The molecule has 33 heavy (non-hydrogen) atoms. The number of nitrogens with two attached hydrogens (primary N) is 1. The number of halogens is 1. The summed E-state index contributed by atoms with van der Waals surface area (Å²) in [6.07, 6.45) is 0.939. The van der Waals surface area contributed by atoms with Crippen molar-refractivity contribution in [3.05, 3.63) is 53.1 Å². The number of β-amino-alcohol motifs (C(OH)–C–C–N with tert-alkyl or cyclic N) is 1. The molecular weight excluding hydrogens is 446 g/mol. The Kier molecular flexibility index (Phi) is 6.92. The number of primary amides is 1. The summed E-state index contributed by atoms with van der Waals surface area (Å²) in [7, 11) is 0. The van der Waals surface area contributed by atoms with Gasteiger partial charge in [0.1, 0.15) is 5.75 Å². The number of phenols is 1. The van der Waals surface area contributed by atoms with Crippen LogP contribution in [-0.4, -0.2) is 71.4 Å². The largest absolute Gasteiger partial charge is 0.508 e. The lowest BCUT2D eigenvalue weighted by atomic mass is 10.0. The van der Waals surface area contributed by atoms with Gasteiger partial charge in [-0.3, -0.25) is 4.79 Å². The molecule has 0 saturated carbocycles. The Morgan fingerprint density at radius 3 is 2.42 bits per heavy atom. The van der Waals surface area contributed by atoms with Crippen molar-refractivity contribution in [3.63, 3.8) is 0 Å². The predicted molar refractivity (Wildman–Crippen MR) is 127 cm³/mol. The Bertz CT molecular complexity index is 1010. The number of hydrogen-bond donors (Lipinski definition) is 5. The number of carbonyl (C=O) groups is 2. The third kappa shape index (κ3) is 5.50. The average molecular weight is 474 g/mol. The van der Waals surface area contributed by atoms with Gasteiger partial charge in [0.2, 0.25) is 0 Å². The van der Waals surface area contributed by atoms with Gasteiger partial charge < -0.3 is 36.4 Å². The molecule has 3 amide bonds. The Morgan fingerprint density at radius 1 is 1.06 bits per heavy atom. The third-order valence-corrected chi connectivity index (χ3v) is 6.44. The number of aliphatic hydroxyl groups is 1. The Morgan fingerprint density at radius 2 is 1.76 bits per heavy atom. The van der Waals surface area contributed by atoms with E-state index in [1.165, 1.54) is 6.07 Å². The highest BCUT2D eigenvalue weighted by Crippen LogP contribution is 2.32. The summed E-state index contributed by atoms with van der Waals surface area (Å²) in [5, 5.41) is 27.2. The highest BCUT2D eigenvalue weighted by molar-refractivity contribution is 6.30. The van der Waals surface area contributed by atoms with Gasteiger partial charge in [-0.1, -0.05) is 11.6 Å². The van der Waals surface area contributed by atoms with Crippen molar-refractivity contribution in [1.82, 2.24) is 10.2 Å². The maximum Gasteiger partial charge on any atom is 0.316 e. The first-order valence-electron chi connectivity index (χ1n) is 10.9. The van der Waals surface area contributed by atoms with Crippen LogP contribution in [-0.2, 0) is 0 Å². The second-order valence-corrected chi connectivity index (χ2v) is 8.95. The zero-order valence-corrected chi connectivity index (χ0v) is 18.8. The number of nitrogens with zero attached hydrogens (tertiary/aromatic N) is 2. The quantitative estimate of drug-likeness (QED) is 0.422. The number of aliphatic hydroxyl groups excluding tert-OH is 1. The van der Waals surface area contributed by atoms with Crippen LogP contribution in [0, 0.1) is 0 Å². The summed E-state index contributed by atoms with van der Waals surface area (Å²) in [5.41, 5.74) is 6.95. The van der Waals surface area contributed by atoms with Crippen LogP contribution in [0.15, 0.2) is 42.5 Å². The number of urea groups is 1. The number of amides is 3. The van der Waals surface area contributed by atoms with Crippen LogP contribution in [0.3, 0.4) is 0 Å². The molecule has 4 rings (SSSR count). The van der Waals surface area contributed by atoms with E-state index in [-0.39, 0.29) is 23.7 Å². The summed E-state index contributed by atoms with van der Waals surface area (Å²) in [5.74, 6) is 0.0548. The maximum atomic E-state index is 12.7. The molecule has 6 N–H and O–H groups in total. The zero-order chi connectivity index (χ0) is 23.5. The van der Waals surface area contributed by atoms with Crippen molar-refractivity contribution < 1.29 is 19.8 Å². The smallest absolute Gasteiger partial charge is 0.316 e. The molecular formula is C23H28ClN5O4. The summed E-state index contributed by atoms with van der Waals surface area (Å²) >= 11 is 5.91. The van der Waals surface area contributed by atoms with Crippen LogP contribution in [0.5, 0.6) is 5.75 Å². The van der Waals surface area contributed by atoms with Crippen LogP contribution < -0.4 is 21.3 Å². The Hall–Kier alpha value is -3.01. The number of piperidine rings is 1. The molecule has 2 atom stereocenters. The zero-order valence-electron chi connectivity index (χ0n) is 18.1. The topological polar surface area (TPSA) is 131 Å². The summed E-state index contributed by atoms with van der Waals surface area (Å²) < 4.78 is 0. The molecule has 0 aromatic heterocycles. The molecule has 2 aliphatic rings. The van der Waals surface area contributed by atoms with Crippen molar-refractivity contribution in [2.75, 3.05) is 36.4 Å². The van der Waals surface area contributed by atoms with E-state index in [0.717, 1.165) is 12.8 Å². The summed E-state index contributed by atoms with van der Waals surface area (Å²) in [6.45, 7) is 2.11. The molecule has 2 aromatic rings. The Balaban J connectivity index is 1.34. The van der Waals surface area contributed by atoms with Crippen LogP contribution >= 0.6 is 11.6 Å². The van der Waals surface area contributed by atoms with Gasteiger partial charge in [-0.15, -0.1) is 0 Å². The van der Waals surface area contributed by atoms with Gasteiger partial charge in [-0.05, 0) is 49.2 Å². The number of benzene rings is 2. The van der Waals surface area contributed by atoms with Crippen LogP contribution in [0.1, 0.15) is 23.2 Å². The van der Waals surface area contributed by atoms with E-state index >= 15 is 0 Å². The third-order valence-electron chi connectivity index (χ3n) is 6.19. The number of phenolic OH excluding ortho intramolecular Hbond substituents is 1. The van der Waals surface area contributed by atoms with E-state index in [2.05, 4.69) is 10.6 Å². The van der Waals surface area contributed by atoms with Crippen molar-refractivity contribution in [1.29, 1.82) is 0 Å². The van der Waals surface area contributed by atoms with Crippen LogP contribution in [0.2, 0.25) is 5.02 Å². The SMILES string of the molecule is NC(=O)Nc1ccc(O)cc1N1C[C@H](NC2CCN(C(=O)c3ccc(Cl)cc3)CC2)[C@@H](O)C1. The minimum atomic E-state index is -0.698. The van der Waals surface area contributed by atoms with E-state index < -0.39 is 12.1 Å². The molecule has 2 saturated heterocycles. The van der Waals surface area contributed by atoms with Crippen LogP contribution in [0.25, 0.3) is 0 Å². The Labute approximate surface area is 197 Å². The number of anilines is 2. The van der Waals surface area contributed by atoms with Gasteiger partial charge >= 0.3 is 6.03 Å². The summed E-state index contributed by atoms with van der Waals surface area (Å²) in [4.78, 5) is 27.8. The molecule has 0 aliphatic carbocycles. The molecule has 0 radical (unpaired) electrons. The minimum absolute atomic E-state index is 0.00411. The second kappa shape index (κ2) is 9.86. The number of hydrogen-bond acceptors (Lipinski definition) is 6. The first kappa shape index (κ1) is 23.2. The highest BCUT2D eigenvalue weighted by atomic mass is 35.5. The number of carbonyl (C=O) groups excluding carboxylic acids is 2. The molecule has 9 nitrogen and oxygen atoms in total. The molecule has 2 aliphatic heterocycles. The molecule has 2 heterocycles. The molecule has 10 heteroatoms. The monoisotopic (exact) mass is 473 g/mol. The number of nitrogens with one attached hydrogen (secondary N) is 2. The van der Waals surface area contributed by atoms with Gasteiger partial charge in [0.15, 0.2) is 0 Å². The van der Waals surface area contributed by atoms with E-state index in [1.54, 1.807) is 36.4 Å². The fourth-order valence-electron chi connectivity index (χ4n) is 4.49. The molecule has 0 spiro atoms. The lowest BCUT2D eigenvalue weighted by molar-refractivity contribution is 0.0691. The molecule has 0 bridgehead atoms. The summed E-state index contributed by atoms with van der Waals surface area (Å²) in [6, 6.07) is 10.8. The van der Waals surface area contributed by atoms with Crippen molar-refractivity contribution >= 4 is 34.9 Å². The standard InChI is InChI=1S/C23H28ClN5O4/c24-15-3-1-14(2-4-15)22(32)28-9-7-16(8-10-28)26-19-12-29(13-21(19)31)20-11-17(30)5-6-18(20)27-23(25)33/h1-6,11,16,19,21,26,30-31H,7-10,12-13H2,(H3,25,27,33)/t19-,21-/m0/s1.